The average Bonchev–Trinajstić information content (AvgIpc) is 3.03. The molecule has 2 aromatic heterocycles. The molecule has 0 fully saturated rings. The summed E-state index contributed by atoms with van der Waals surface area (Å²) in [5.41, 5.74) is 3.04. The Hall–Kier alpha value is -2.26. The summed E-state index contributed by atoms with van der Waals surface area (Å²) >= 11 is 1.30. The third-order valence-corrected chi connectivity index (χ3v) is 3.55. The molecule has 0 spiro atoms. The van der Waals surface area contributed by atoms with Gasteiger partial charge in [0.05, 0.1) is 22.7 Å². The van der Waals surface area contributed by atoms with Gasteiger partial charge in [-0.25, -0.2) is 4.98 Å². The van der Waals surface area contributed by atoms with E-state index < -0.39 is 0 Å². The van der Waals surface area contributed by atoms with Crippen molar-refractivity contribution in [3.63, 3.8) is 0 Å². The molecule has 100 valence electrons. The van der Waals surface area contributed by atoms with Gasteiger partial charge in [0.15, 0.2) is 5.82 Å². The van der Waals surface area contributed by atoms with Crippen LogP contribution in [0.4, 0.5) is 0 Å². The fourth-order valence-corrected chi connectivity index (χ4v) is 2.70. The van der Waals surface area contributed by atoms with Crippen LogP contribution in [0, 0.1) is 11.3 Å². The van der Waals surface area contributed by atoms with Gasteiger partial charge < -0.3 is 4.57 Å². The summed E-state index contributed by atoms with van der Waals surface area (Å²) in [6.07, 6.45) is 0. The number of nitrogens with zero attached hydrogens (tertiary/aromatic N) is 5. The second-order valence-electron chi connectivity index (χ2n) is 5.55. The summed E-state index contributed by atoms with van der Waals surface area (Å²) in [6, 6.07) is 7.71. The highest BCUT2D eigenvalue weighted by atomic mass is 32.1. The monoisotopic (exact) mass is 283 g/mol. The van der Waals surface area contributed by atoms with E-state index in [1.807, 2.05) is 17.5 Å². The molecule has 3 aromatic rings. The highest BCUT2D eigenvalue weighted by Gasteiger charge is 2.23. The van der Waals surface area contributed by atoms with E-state index in [0.717, 1.165) is 22.6 Å². The van der Waals surface area contributed by atoms with Crippen LogP contribution in [0.3, 0.4) is 0 Å². The van der Waals surface area contributed by atoms with E-state index in [1.54, 1.807) is 6.07 Å². The minimum Gasteiger partial charge on any atom is -0.317 e. The Bertz CT molecular complexity index is 803. The summed E-state index contributed by atoms with van der Waals surface area (Å²) in [5.74, 6) is 0.788. The SMILES string of the molecule is CC(C)(C)n1c(-c2csnn2)nc2cc(C#N)ccc21. The lowest BCUT2D eigenvalue weighted by Crippen LogP contribution is -2.22. The van der Waals surface area contributed by atoms with Crippen LogP contribution >= 0.6 is 11.5 Å². The maximum Gasteiger partial charge on any atom is 0.163 e. The van der Waals surface area contributed by atoms with Gasteiger partial charge in [-0.1, -0.05) is 4.49 Å². The molecular weight excluding hydrogens is 270 g/mol. The third kappa shape index (κ3) is 1.96. The standard InChI is InChI=1S/C14H13N5S/c1-14(2,3)19-12-5-4-9(7-15)6-10(12)16-13(19)11-8-20-18-17-11/h4-6,8H,1-3H3. The second kappa shape index (κ2) is 4.39. The quantitative estimate of drug-likeness (QED) is 0.688. The molecule has 20 heavy (non-hydrogen) atoms. The van der Waals surface area contributed by atoms with E-state index in [4.69, 9.17) is 5.26 Å². The topological polar surface area (TPSA) is 67.4 Å². The van der Waals surface area contributed by atoms with E-state index in [1.165, 1.54) is 11.5 Å². The molecule has 0 amide bonds. The van der Waals surface area contributed by atoms with Gasteiger partial charge in [0.25, 0.3) is 0 Å². The first kappa shape index (κ1) is 12.8. The molecule has 0 bridgehead atoms. The van der Waals surface area contributed by atoms with Crippen LogP contribution in [0.25, 0.3) is 22.6 Å². The van der Waals surface area contributed by atoms with Crippen molar-refractivity contribution in [3.8, 4) is 17.6 Å². The molecule has 0 atom stereocenters. The molecule has 0 unspecified atom stereocenters. The van der Waals surface area contributed by atoms with Gasteiger partial charge in [-0.05, 0) is 50.5 Å². The molecule has 5 nitrogen and oxygen atoms in total. The molecular formula is C14H13N5S. The van der Waals surface area contributed by atoms with Gasteiger partial charge in [-0.2, -0.15) is 5.26 Å². The highest BCUT2D eigenvalue weighted by Crippen LogP contribution is 2.30. The predicted octanol–water partition coefficient (Wildman–Crippen LogP) is 3.18. The molecule has 6 heteroatoms. The smallest absolute Gasteiger partial charge is 0.163 e. The van der Waals surface area contributed by atoms with Crippen molar-refractivity contribution in [1.82, 2.24) is 19.1 Å². The van der Waals surface area contributed by atoms with Crippen molar-refractivity contribution < 1.29 is 0 Å². The van der Waals surface area contributed by atoms with Gasteiger partial charge in [0.2, 0.25) is 0 Å². The average molecular weight is 283 g/mol. The van der Waals surface area contributed by atoms with E-state index in [0.29, 0.717) is 5.56 Å². The van der Waals surface area contributed by atoms with Crippen LogP contribution in [-0.4, -0.2) is 19.1 Å². The number of benzene rings is 1. The number of rotatable bonds is 1. The van der Waals surface area contributed by atoms with Gasteiger partial charge in [0, 0.05) is 10.9 Å². The summed E-state index contributed by atoms with van der Waals surface area (Å²) in [7, 11) is 0. The molecule has 0 saturated carbocycles. The molecule has 0 N–H and O–H groups in total. The van der Waals surface area contributed by atoms with Gasteiger partial charge >= 0.3 is 0 Å². The molecule has 3 rings (SSSR count). The van der Waals surface area contributed by atoms with Crippen LogP contribution in [0.15, 0.2) is 23.6 Å². The first-order valence-electron chi connectivity index (χ1n) is 6.21. The lowest BCUT2D eigenvalue weighted by atomic mass is 10.1. The Morgan fingerprint density at radius 2 is 2.10 bits per heavy atom. The van der Waals surface area contributed by atoms with Gasteiger partial charge in [-0.15, -0.1) is 5.10 Å². The molecule has 1 aromatic carbocycles. The van der Waals surface area contributed by atoms with Crippen LogP contribution in [0.2, 0.25) is 0 Å². The fourth-order valence-electron chi connectivity index (χ4n) is 2.26. The zero-order valence-corrected chi connectivity index (χ0v) is 12.3. The van der Waals surface area contributed by atoms with Crippen LogP contribution < -0.4 is 0 Å². The summed E-state index contributed by atoms with van der Waals surface area (Å²) in [6.45, 7) is 6.36. The molecule has 0 aliphatic heterocycles. The van der Waals surface area contributed by atoms with Crippen molar-refractivity contribution in [1.29, 1.82) is 5.26 Å². The van der Waals surface area contributed by atoms with Crippen LogP contribution in [0.5, 0.6) is 0 Å². The van der Waals surface area contributed by atoms with Crippen LogP contribution in [0.1, 0.15) is 26.3 Å². The Morgan fingerprint density at radius 1 is 1.30 bits per heavy atom. The van der Waals surface area contributed by atoms with Crippen molar-refractivity contribution in [2.45, 2.75) is 26.3 Å². The van der Waals surface area contributed by atoms with E-state index >= 15 is 0 Å². The number of fused-ring (bicyclic) bond motifs is 1. The lowest BCUT2D eigenvalue weighted by Gasteiger charge is -2.24. The first-order chi connectivity index (χ1) is 9.50. The summed E-state index contributed by atoms with van der Waals surface area (Å²) in [4.78, 5) is 4.65. The van der Waals surface area contributed by atoms with E-state index in [2.05, 4.69) is 46.0 Å². The zero-order chi connectivity index (χ0) is 14.3. The van der Waals surface area contributed by atoms with Gasteiger partial charge in [-0.3, -0.25) is 0 Å². The van der Waals surface area contributed by atoms with E-state index in [9.17, 15) is 0 Å². The minimum absolute atomic E-state index is 0.137. The number of nitriles is 1. The van der Waals surface area contributed by atoms with Crippen molar-refractivity contribution >= 4 is 22.6 Å². The molecule has 0 saturated heterocycles. The Labute approximate surface area is 120 Å². The minimum atomic E-state index is -0.137. The van der Waals surface area contributed by atoms with Gasteiger partial charge in [0.1, 0.15) is 5.69 Å². The fraction of sp³-hybridized carbons (Fsp3) is 0.286. The zero-order valence-electron chi connectivity index (χ0n) is 11.5. The molecule has 2 heterocycles. The largest absolute Gasteiger partial charge is 0.317 e. The molecule has 0 aliphatic carbocycles. The molecule has 0 aliphatic rings. The van der Waals surface area contributed by atoms with E-state index in [-0.39, 0.29) is 5.54 Å². The summed E-state index contributed by atoms with van der Waals surface area (Å²) in [5, 5.41) is 15.0. The maximum absolute atomic E-state index is 9.01. The van der Waals surface area contributed by atoms with Crippen molar-refractivity contribution in [3.05, 3.63) is 29.1 Å². The highest BCUT2D eigenvalue weighted by molar-refractivity contribution is 7.03. The van der Waals surface area contributed by atoms with Crippen LogP contribution in [-0.2, 0) is 5.54 Å². The van der Waals surface area contributed by atoms with Crippen molar-refractivity contribution in [2.75, 3.05) is 0 Å². The third-order valence-electron chi connectivity index (χ3n) is 3.04. The Balaban J connectivity index is 2.37. The predicted molar refractivity (Wildman–Crippen MR) is 78.3 cm³/mol. The number of hydrogen-bond acceptors (Lipinski definition) is 5. The first-order valence-corrected chi connectivity index (χ1v) is 7.05. The number of aromatic nitrogens is 4. The van der Waals surface area contributed by atoms with Crippen molar-refractivity contribution in [2.24, 2.45) is 0 Å². The number of imidazole rings is 1. The summed E-state index contributed by atoms with van der Waals surface area (Å²) < 4.78 is 6.05. The number of hydrogen-bond donors (Lipinski definition) is 0. The Morgan fingerprint density at radius 3 is 2.70 bits per heavy atom. The lowest BCUT2D eigenvalue weighted by molar-refractivity contribution is 0.412. The second-order valence-corrected chi connectivity index (χ2v) is 6.16. The Kier molecular flexibility index (Phi) is 2.80. The normalized spacial score (nSPS) is 11.7. The maximum atomic E-state index is 9.01. The molecule has 0 radical (unpaired) electrons.